The molecule has 0 radical (unpaired) electrons. The van der Waals surface area contributed by atoms with Crippen molar-refractivity contribution >= 4 is 45.2 Å². The van der Waals surface area contributed by atoms with Gasteiger partial charge in [-0.3, -0.25) is 0 Å². The van der Waals surface area contributed by atoms with Crippen molar-refractivity contribution in [1.82, 2.24) is 0 Å². The van der Waals surface area contributed by atoms with Gasteiger partial charge in [-0.1, -0.05) is 58.4 Å². The van der Waals surface area contributed by atoms with E-state index in [2.05, 4.69) is 83.3 Å². The van der Waals surface area contributed by atoms with Gasteiger partial charge in [0.1, 0.15) is 0 Å². The molecule has 0 unspecified atom stereocenters. The summed E-state index contributed by atoms with van der Waals surface area (Å²) in [7, 11) is 0. The fourth-order valence-corrected chi connectivity index (χ4v) is 5.94. The van der Waals surface area contributed by atoms with Crippen molar-refractivity contribution in [2.24, 2.45) is 0 Å². The Morgan fingerprint density at radius 1 is 0.815 bits per heavy atom. The van der Waals surface area contributed by atoms with Gasteiger partial charge < -0.3 is 0 Å². The quantitative estimate of drug-likeness (QED) is 0.165. The van der Waals surface area contributed by atoms with Gasteiger partial charge in [-0.05, 0) is 129 Å². The highest BCUT2D eigenvalue weighted by Crippen LogP contribution is 2.43. The van der Waals surface area contributed by atoms with Crippen LogP contribution >= 0.6 is 45.2 Å². The SMILES string of the molecule is CCCCCCc1cc(I)c(CCCCCC)c2c1-c1ccc(I)cc1C2. The van der Waals surface area contributed by atoms with Gasteiger partial charge in [0.15, 0.2) is 0 Å². The molecule has 0 fully saturated rings. The van der Waals surface area contributed by atoms with Crippen molar-refractivity contribution in [3.8, 4) is 11.1 Å². The molecule has 0 spiro atoms. The molecule has 0 atom stereocenters. The van der Waals surface area contributed by atoms with Crippen molar-refractivity contribution in [1.29, 1.82) is 0 Å². The van der Waals surface area contributed by atoms with Crippen LogP contribution in [0, 0.1) is 7.14 Å². The van der Waals surface area contributed by atoms with Crippen LogP contribution in [0.5, 0.6) is 0 Å². The van der Waals surface area contributed by atoms with Crippen LogP contribution in [-0.2, 0) is 19.3 Å². The zero-order valence-corrected chi connectivity index (χ0v) is 21.2. The number of halogens is 2. The molecule has 0 amide bonds. The van der Waals surface area contributed by atoms with E-state index in [0.717, 1.165) is 6.42 Å². The first-order valence-corrected chi connectivity index (χ1v) is 12.9. The average Bonchev–Trinajstić information content (AvgIpc) is 3.02. The van der Waals surface area contributed by atoms with Gasteiger partial charge >= 0.3 is 0 Å². The summed E-state index contributed by atoms with van der Waals surface area (Å²) in [5.41, 5.74) is 9.56. The Balaban J connectivity index is 1.93. The van der Waals surface area contributed by atoms with Gasteiger partial charge in [-0.2, -0.15) is 0 Å². The minimum Gasteiger partial charge on any atom is -0.0654 e. The van der Waals surface area contributed by atoms with Crippen molar-refractivity contribution in [3.05, 3.63) is 53.7 Å². The number of rotatable bonds is 10. The predicted molar refractivity (Wildman–Crippen MR) is 136 cm³/mol. The average molecular weight is 586 g/mol. The molecule has 0 aromatic heterocycles. The summed E-state index contributed by atoms with van der Waals surface area (Å²) in [5.74, 6) is 0. The van der Waals surface area contributed by atoms with E-state index in [-0.39, 0.29) is 0 Å². The molecule has 2 aromatic carbocycles. The molecule has 0 nitrogen and oxygen atoms in total. The van der Waals surface area contributed by atoms with Crippen LogP contribution in [-0.4, -0.2) is 0 Å². The number of aryl methyl sites for hydroxylation is 1. The second kappa shape index (κ2) is 10.6. The van der Waals surface area contributed by atoms with Crippen LogP contribution in [0.25, 0.3) is 11.1 Å². The molecule has 1 aliphatic rings. The molecule has 0 bridgehead atoms. The van der Waals surface area contributed by atoms with E-state index in [4.69, 9.17) is 0 Å². The van der Waals surface area contributed by atoms with Crippen molar-refractivity contribution in [2.75, 3.05) is 0 Å². The van der Waals surface area contributed by atoms with Gasteiger partial charge in [-0.25, -0.2) is 0 Å². The predicted octanol–water partition coefficient (Wildman–Crippen LogP) is 8.71. The molecule has 0 heterocycles. The van der Waals surface area contributed by atoms with E-state index in [0.29, 0.717) is 0 Å². The molecule has 0 saturated carbocycles. The van der Waals surface area contributed by atoms with Crippen LogP contribution in [0.2, 0.25) is 0 Å². The van der Waals surface area contributed by atoms with Crippen molar-refractivity contribution in [2.45, 2.75) is 84.5 Å². The third-order valence-electron chi connectivity index (χ3n) is 5.86. The Kier molecular flexibility index (Phi) is 8.49. The Bertz CT molecular complexity index is 776. The lowest BCUT2D eigenvalue weighted by molar-refractivity contribution is 0.661. The maximum atomic E-state index is 2.61. The van der Waals surface area contributed by atoms with Crippen LogP contribution in [0.3, 0.4) is 0 Å². The van der Waals surface area contributed by atoms with Gasteiger partial charge in [0.2, 0.25) is 0 Å². The second-order valence-electron chi connectivity index (χ2n) is 7.95. The number of fused-ring (bicyclic) bond motifs is 3. The summed E-state index contributed by atoms with van der Waals surface area (Å²) in [6, 6.07) is 9.60. The maximum Gasteiger partial charge on any atom is 0.0168 e. The number of hydrogen-bond acceptors (Lipinski definition) is 0. The topological polar surface area (TPSA) is 0 Å². The van der Waals surface area contributed by atoms with E-state index in [1.54, 1.807) is 27.8 Å². The summed E-state index contributed by atoms with van der Waals surface area (Å²) >= 11 is 5.07. The maximum absolute atomic E-state index is 2.61. The first-order chi connectivity index (χ1) is 13.2. The monoisotopic (exact) mass is 586 g/mol. The fraction of sp³-hybridized carbons (Fsp3) is 0.520. The normalized spacial score (nSPS) is 12.3. The van der Waals surface area contributed by atoms with Crippen LogP contribution in [0.1, 0.15) is 87.5 Å². The van der Waals surface area contributed by atoms with Crippen LogP contribution in [0.4, 0.5) is 0 Å². The summed E-state index contributed by atoms with van der Waals surface area (Å²) in [6.07, 6.45) is 14.4. The van der Waals surface area contributed by atoms with E-state index in [9.17, 15) is 0 Å². The molecule has 0 N–H and O–H groups in total. The van der Waals surface area contributed by atoms with Crippen molar-refractivity contribution in [3.63, 3.8) is 0 Å². The summed E-state index contributed by atoms with van der Waals surface area (Å²) in [4.78, 5) is 0. The Labute approximate surface area is 193 Å². The molecular formula is C25H32I2. The first kappa shape index (κ1) is 21.6. The second-order valence-corrected chi connectivity index (χ2v) is 10.4. The Morgan fingerprint density at radius 2 is 1.52 bits per heavy atom. The van der Waals surface area contributed by atoms with Gasteiger partial charge in [0.05, 0.1) is 0 Å². The molecule has 0 aliphatic heterocycles. The first-order valence-electron chi connectivity index (χ1n) is 10.8. The Morgan fingerprint density at radius 3 is 2.22 bits per heavy atom. The van der Waals surface area contributed by atoms with E-state index >= 15 is 0 Å². The zero-order valence-electron chi connectivity index (χ0n) is 16.8. The van der Waals surface area contributed by atoms with E-state index < -0.39 is 0 Å². The summed E-state index contributed by atoms with van der Waals surface area (Å²) in [6.45, 7) is 4.60. The standard InChI is InChI=1S/C25H32I2/c1-3-5-7-9-11-18-17-24(27)22(12-10-8-6-4-2)23-16-19-15-20(26)13-14-21(19)25(18)23/h13-15,17H,3-12,16H2,1-2H3. The molecule has 1 aliphatic carbocycles. The lowest BCUT2D eigenvalue weighted by Gasteiger charge is -2.16. The summed E-state index contributed by atoms with van der Waals surface area (Å²) in [5, 5.41) is 0. The van der Waals surface area contributed by atoms with Crippen LogP contribution < -0.4 is 0 Å². The van der Waals surface area contributed by atoms with Gasteiger partial charge in [-0.15, -0.1) is 0 Å². The molecule has 3 rings (SSSR count). The lowest BCUT2D eigenvalue weighted by atomic mass is 9.90. The smallest absolute Gasteiger partial charge is 0.0168 e. The third kappa shape index (κ3) is 5.29. The molecule has 2 aromatic rings. The zero-order chi connectivity index (χ0) is 19.2. The molecule has 146 valence electrons. The molecule has 2 heteroatoms. The highest BCUT2D eigenvalue weighted by molar-refractivity contribution is 14.1. The number of benzene rings is 2. The lowest BCUT2D eigenvalue weighted by Crippen LogP contribution is -2.01. The number of unbranched alkanes of at least 4 members (excludes halogenated alkanes) is 6. The number of hydrogen-bond donors (Lipinski definition) is 0. The minimum absolute atomic E-state index is 1.14. The molecule has 0 saturated heterocycles. The van der Waals surface area contributed by atoms with Crippen LogP contribution in [0.15, 0.2) is 24.3 Å². The highest BCUT2D eigenvalue weighted by atomic mass is 127. The minimum atomic E-state index is 1.14. The Hall–Kier alpha value is -0.100. The van der Waals surface area contributed by atoms with Crippen molar-refractivity contribution < 1.29 is 0 Å². The van der Waals surface area contributed by atoms with E-state index in [1.807, 2.05) is 0 Å². The summed E-state index contributed by atoms with van der Waals surface area (Å²) < 4.78 is 2.87. The largest absolute Gasteiger partial charge is 0.0654 e. The molecule has 27 heavy (non-hydrogen) atoms. The van der Waals surface area contributed by atoms with Gasteiger partial charge in [0.25, 0.3) is 0 Å². The third-order valence-corrected chi connectivity index (χ3v) is 7.49. The highest BCUT2D eigenvalue weighted by Gasteiger charge is 2.25. The molecular weight excluding hydrogens is 554 g/mol. The van der Waals surface area contributed by atoms with Gasteiger partial charge in [0, 0.05) is 7.14 Å². The fourth-order valence-electron chi connectivity index (χ4n) is 4.41. The van der Waals surface area contributed by atoms with E-state index in [1.165, 1.54) is 76.9 Å².